The Morgan fingerprint density at radius 2 is 1.73 bits per heavy atom. The summed E-state index contributed by atoms with van der Waals surface area (Å²) in [6.07, 6.45) is 3.30. The van der Waals surface area contributed by atoms with E-state index in [1.54, 1.807) is 7.11 Å². The van der Waals surface area contributed by atoms with Crippen LogP contribution in [0, 0.1) is 0 Å². The highest BCUT2D eigenvalue weighted by Gasteiger charge is 2.21. The molecule has 0 unspecified atom stereocenters. The van der Waals surface area contributed by atoms with Gasteiger partial charge in [-0.05, 0) is 56.0 Å². The Hall–Kier alpha value is -1.05. The van der Waals surface area contributed by atoms with Gasteiger partial charge in [0, 0.05) is 17.5 Å². The van der Waals surface area contributed by atoms with Crippen molar-refractivity contribution < 1.29 is 9.16 Å². The summed E-state index contributed by atoms with van der Waals surface area (Å²) in [6.45, 7) is 14.6. The Balaban J connectivity index is 2.39. The van der Waals surface area contributed by atoms with E-state index in [4.69, 9.17) is 9.16 Å². The number of rotatable bonds is 6. The zero-order valence-electron chi connectivity index (χ0n) is 15.0. The Kier molecular flexibility index (Phi) is 4.89. The number of fused-ring (bicyclic) bond motifs is 1. The average molecular weight is 336 g/mol. The van der Waals surface area contributed by atoms with Crippen LogP contribution in [0.2, 0.25) is 39.3 Å². The third kappa shape index (κ3) is 4.03. The van der Waals surface area contributed by atoms with E-state index >= 15 is 0 Å². The van der Waals surface area contributed by atoms with Gasteiger partial charge >= 0.3 is 0 Å². The zero-order valence-corrected chi connectivity index (χ0v) is 17.0. The Labute approximate surface area is 136 Å². The van der Waals surface area contributed by atoms with Crippen LogP contribution in [0.4, 0.5) is 0 Å². The molecule has 0 amide bonds. The van der Waals surface area contributed by atoms with E-state index in [9.17, 15) is 0 Å². The molecule has 3 nitrogen and oxygen atoms in total. The Morgan fingerprint density at radius 1 is 1.05 bits per heavy atom. The van der Waals surface area contributed by atoms with E-state index in [0.29, 0.717) is 0 Å². The molecule has 2 rings (SSSR count). The molecule has 0 aliphatic heterocycles. The van der Waals surface area contributed by atoms with E-state index in [-0.39, 0.29) is 0 Å². The molecule has 22 heavy (non-hydrogen) atoms. The van der Waals surface area contributed by atoms with Gasteiger partial charge in [0.1, 0.15) is 5.75 Å². The van der Waals surface area contributed by atoms with E-state index in [1.807, 2.05) is 0 Å². The first-order valence-electron chi connectivity index (χ1n) is 7.94. The third-order valence-corrected chi connectivity index (χ3v) is 6.61. The lowest BCUT2D eigenvalue weighted by Gasteiger charge is -2.20. The molecular weight excluding hydrogens is 306 g/mol. The molecule has 0 fully saturated rings. The van der Waals surface area contributed by atoms with Crippen LogP contribution in [0.5, 0.6) is 5.75 Å². The summed E-state index contributed by atoms with van der Waals surface area (Å²) in [6, 6.07) is 6.41. The molecule has 0 aliphatic carbocycles. The highest BCUT2D eigenvalue weighted by molar-refractivity contribution is 6.75. The van der Waals surface area contributed by atoms with Crippen LogP contribution in [0.15, 0.2) is 24.4 Å². The number of ether oxygens (including phenoxy) is 1. The largest absolute Gasteiger partial charge is 0.497 e. The number of nitrogens with zero attached hydrogens (tertiary/aromatic N) is 1. The third-order valence-electron chi connectivity index (χ3n) is 3.72. The fourth-order valence-electron chi connectivity index (χ4n) is 2.63. The van der Waals surface area contributed by atoms with Gasteiger partial charge in [-0.2, -0.15) is 0 Å². The molecule has 0 spiro atoms. The molecule has 0 atom stereocenters. The van der Waals surface area contributed by atoms with Crippen LogP contribution < -0.4 is 4.74 Å². The first-order valence-corrected chi connectivity index (χ1v) is 14.8. The molecule has 1 heterocycles. The van der Waals surface area contributed by atoms with Crippen molar-refractivity contribution in [2.24, 2.45) is 0 Å². The van der Waals surface area contributed by atoms with Gasteiger partial charge < -0.3 is 13.4 Å². The van der Waals surface area contributed by atoms with Crippen LogP contribution in [0.25, 0.3) is 10.9 Å². The fraction of sp³-hybridized carbons (Fsp3) is 0.529. The summed E-state index contributed by atoms with van der Waals surface area (Å²) in [4.78, 5) is 0. The van der Waals surface area contributed by atoms with Gasteiger partial charge in [-0.15, -0.1) is 0 Å². The molecule has 2 aromatic rings. The second kappa shape index (κ2) is 6.22. The number of methoxy groups -OCH3 is 1. The maximum absolute atomic E-state index is 6.04. The van der Waals surface area contributed by atoms with Crippen molar-refractivity contribution in [1.82, 2.24) is 4.23 Å². The molecule has 1 aromatic carbocycles. The lowest BCUT2D eigenvalue weighted by Crippen LogP contribution is -2.31. The molecule has 1 aromatic heterocycles. The van der Waals surface area contributed by atoms with Crippen molar-refractivity contribution in [3.8, 4) is 5.75 Å². The minimum absolute atomic E-state index is 0.803. The summed E-state index contributed by atoms with van der Waals surface area (Å²) < 4.78 is 13.9. The Bertz CT molecular complexity index is 651. The molecule has 0 radical (unpaired) electrons. The van der Waals surface area contributed by atoms with Gasteiger partial charge in [0.05, 0.1) is 7.11 Å². The van der Waals surface area contributed by atoms with Crippen molar-refractivity contribution in [1.29, 1.82) is 0 Å². The molecule has 0 N–H and O–H groups in total. The van der Waals surface area contributed by atoms with Crippen molar-refractivity contribution in [2.45, 2.75) is 45.7 Å². The topological polar surface area (TPSA) is 23.4 Å². The van der Waals surface area contributed by atoms with E-state index < -0.39 is 16.6 Å². The number of benzene rings is 1. The first kappa shape index (κ1) is 17.3. The van der Waals surface area contributed by atoms with Gasteiger partial charge in [-0.3, -0.25) is 0 Å². The predicted octanol–water partition coefficient (Wildman–Crippen LogP) is 4.73. The minimum atomic E-state index is -1.45. The van der Waals surface area contributed by atoms with Crippen LogP contribution in [-0.4, -0.2) is 34.5 Å². The highest BCUT2D eigenvalue weighted by atomic mass is 28.4. The van der Waals surface area contributed by atoms with Gasteiger partial charge in [0.2, 0.25) is 0 Å². The minimum Gasteiger partial charge on any atom is -0.497 e. The second-order valence-corrected chi connectivity index (χ2v) is 17.1. The van der Waals surface area contributed by atoms with Gasteiger partial charge in [0.15, 0.2) is 16.6 Å². The second-order valence-electron chi connectivity index (χ2n) is 7.79. The first-order chi connectivity index (χ1) is 10.1. The summed E-state index contributed by atoms with van der Waals surface area (Å²) in [5.74, 6) is 0.924. The zero-order chi connectivity index (χ0) is 16.5. The monoisotopic (exact) mass is 335 g/mol. The van der Waals surface area contributed by atoms with Crippen molar-refractivity contribution in [3.63, 3.8) is 0 Å². The van der Waals surface area contributed by atoms with Gasteiger partial charge in [0.25, 0.3) is 0 Å². The van der Waals surface area contributed by atoms with Crippen molar-refractivity contribution >= 4 is 27.5 Å². The van der Waals surface area contributed by atoms with Crippen LogP contribution in [0.3, 0.4) is 0 Å². The molecule has 5 heteroatoms. The standard InChI is InChI=1S/C17H29NO2Si2/c1-19-15-8-9-17-16(12-15)14(10-11-20-22(5,6)7)13-18(17)21(2,3)4/h8-9,12-13H,10-11H2,1-7H3. The lowest BCUT2D eigenvalue weighted by molar-refractivity contribution is 0.316. The van der Waals surface area contributed by atoms with Crippen LogP contribution in [0.1, 0.15) is 5.56 Å². The lowest BCUT2D eigenvalue weighted by atomic mass is 10.1. The van der Waals surface area contributed by atoms with Gasteiger partial charge in [-0.25, -0.2) is 0 Å². The molecular formula is C17H29NO2Si2. The number of aromatic nitrogens is 1. The summed E-state index contributed by atoms with van der Waals surface area (Å²) >= 11 is 0. The van der Waals surface area contributed by atoms with Crippen molar-refractivity contribution in [3.05, 3.63) is 30.0 Å². The summed E-state index contributed by atoms with van der Waals surface area (Å²) in [5, 5.41) is 1.31. The Morgan fingerprint density at radius 3 is 2.27 bits per heavy atom. The predicted molar refractivity (Wildman–Crippen MR) is 100 cm³/mol. The summed E-state index contributed by atoms with van der Waals surface area (Å²) in [7, 11) is -1.16. The normalized spacial score (nSPS) is 12.9. The number of hydrogen-bond acceptors (Lipinski definition) is 2. The molecule has 0 saturated heterocycles. The molecule has 0 saturated carbocycles. The maximum atomic E-state index is 6.04. The van der Waals surface area contributed by atoms with Gasteiger partial charge in [-0.1, -0.05) is 19.6 Å². The maximum Gasteiger partial charge on any atom is 0.183 e. The molecule has 0 bridgehead atoms. The smallest absolute Gasteiger partial charge is 0.183 e. The SMILES string of the molecule is COc1ccc2c(c1)c(CCO[Si](C)(C)C)cn2[Si](C)(C)C. The summed E-state index contributed by atoms with van der Waals surface area (Å²) in [5.41, 5.74) is 2.69. The molecule has 122 valence electrons. The van der Waals surface area contributed by atoms with Crippen molar-refractivity contribution in [2.75, 3.05) is 13.7 Å². The number of hydrogen-bond donors (Lipinski definition) is 0. The van der Waals surface area contributed by atoms with Crippen LogP contribution in [-0.2, 0) is 10.8 Å². The van der Waals surface area contributed by atoms with E-state index in [2.05, 4.69) is 67.9 Å². The highest BCUT2D eigenvalue weighted by Crippen LogP contribution is 2.29. The van der Waals surface area contributed by atoms with E-state index in [1.165, 1.54) is 16.5 Å². The quantitative estimate of drug-likeness (QED) is 0.713. The van der Waals surface area contributed by atoms with E-state index in [0.717, 1.165) is 18.8 Å². The average Bonchev–Trinajstić information content (AvgIpc) is 2.75. The fourth-order valence-corrected chi connectivity index (χ4v) is 4.80. The van der Waals surface area contributed by atoms with Crippen LogP contribution >= 0.6 is 0 Å². The molecule has 0 aliphatic rings.